The molecule has 0 unspecified atom stereocenters. The molecule has 184 valence electrons. The minimum Gasteiger partial charge on any atom is -0.454 e. The summed E-state index contributed by atoms with van der Waals surface area (Å²) in [6, 6.07) is 10.8. The Morgan fingerprint density at radius 3 is 2.66 bits per heavy atom. The zero-order chi connectivity index (χ0) is 24.7. The molecule has 9 heteroatoms. The van der Waals surface area contributed by atoms with E-state index >= 15 is 0 Å². The lowest BCUT2D eigenvalue weighted by atomic mass is 9.96. The van der Waals surface area contributed by atoms with Gasteiger partial charge in [0.15, 0.2) is 11.5 Å². The number of ether oxygens (including phenoxy) is 2. The van der Waals surface area contributed by atoms with Crippen molar-refractivity contribution < 1.29 is 9.47 Å². The van der Waals surface area contributed by atoms with Gasteiger partial charge in [-0.15, -0.1) is 0 Å². The molecule has 1 aromatic carbocycles. The van der Waals surface area contributed by atoms with E-state index in [1.165, 1.54) is 5.56 Å². The van der Waals surface area contributed by atoms with Gasteiger partial charge < -0.3 is 18.9 Å². The van der Waals surface area contributed by atoms with E-state index in [1.54, 1.807) is 28.6 Å². The molecule has 35 heavy (non-hydrogen) atoms. The number of fused-ring (bicyclic) bond motifs is 2. The zero-order valence-electron chi connectivity index (χ0n) is 20.8. The highest BCUT2D eigenvalue weighted by molar-refractivity contribution is 5.88. The van der Waals surface area contributed by atoms with Crippen LogP contribution < -0.4 is 19.9 Å². The molecule has 3 aromatic rings. The van der Waals surface area contributed by atoms with Crippen molar-refractivity contribution in [3.05, 3.63) is 46.4 Å². The zero-order valence-corrected chi connectivity index (χ0v) is 20.8. The SMILES string of the molecule is CC[C@H]1CN([C@@H](C)c2ccc3c(c2)OCO3)[C@H](CC)CN1c1cc(=O)n(C)c2cn(CC#N)nc12. The van der Waals surface area contributed by atoms with E-state index in [9.17, 15) is 4.79 Å². The number of aryl methyl sites for hydroxylation is 1. The summed E-state index contributed by atoms with van der Waals surface area (Å²) in [5, 5.41) is 13.8. The number of hydrogen-bond donors (Lipinski definition) is 0. The smallest absolute Gasteiger partial charge is 0.252 e. The maximum atomic E-state index is 12.9. The molecule has 2 aliphatic rings. The van der Waals surface area contributed by atoms with Crippen molar-refractivity contribution in [3.8, 4) is 17.6 Å². The molecule has 0 saturated carbocycles. The number of nitriles is 1. The van der Waals surface area contributed by atoms with Crippen molar-refractivity contribution in [2.24, 2.45) is 7.05 Å². The molecule has 1 fully saturated rings. The third-order valence-corrected chi connectivity index (χ3v) is 7.54. The van der Waals surface area contributed by atoms with Crippen LogP contribution in [0.15, 0.2) is 35.3 Å². The first-order valence-corrected chi connectivity index (χ1v) is 12.3. The topological polar surface area (TPSA) is 88.5 Å². The molecule has 0 aliphatic carbocycles. The van der Waals surface area contributed by atoms with Gasteiger partial charge in [0.25, 0.3) is 5.56 Å². The Balaban J connectivity index is 1.49. The molecule has 1 saturated heterocycles. The third-order valence-electron chi connectivity index (χ3n) is 7.54. The van der Waals surface area contributed by atoms with Crippen LogP contribution >= 0.6 is 0 Å². The lowest BCUT2D eigenvalue weighted by Gasteiger charge is -2.49. The second kappa shape index (κ2) is 9.27. The Hall–Kier alpha value is -3.51. The van der Waals surface area contributed by atoms with Gasteiger partial charge in [-0.2, -0.15) is 10.4 Å². The fourth-order valence-corrected chi connectivity index (χ4v) is 5.43. The summed E-state index contributed by atoms with van der Waals surface area (Å²) in [5.74, 6) is 1.61. The maximum Gasteiger partial charge on any atom is 0.252 e. The lowest BCUT2D eigenvalue weighted by molar-refractivity contribution is 0.101. The van der Waals surface area contributed by atoms with Crippen LogP contribution in [0.2, 0.25) is 0 Å². The van der Waals surface area contributed by atoms with Crippen LogP contribution in [0.4, 0.5) is 5.69 Å². The number of anilines is 1. The molecular formula is C26H32N6O3. The van der Waals surface area contributed by atoms with E-state index in [0.29, 0.717) is 6.04 Å². The van der Waals surface area contributed by atoms with Gasteiger partial charge in [0, 0.05) is 44.3 Å². The molecule has 2 aromatic heterocycles. The van der Waals surface area contributed by atoms with E-state index in [2.05, 4.69) is 53.9 Å². The molecular weight excluding hydrogens is 444 g/mol. The highest BCUT2D eigenvalue weighted by Gasteiger charge is 2.36. The van der Waals surface area contributed by atoms with Gasteiger partial charge in [-0.05, 0) is 37.5 Å². The quantitative estimate of drug-likeness (QED) is 0.539. The van der Waals surface area contributed by atoms with Crippen LogP contribution in [0, 0.1) is 11.3 Å². The lowest BCUT2D eigenvalue weighted by Crippen LogP contribution is -2.58. The third kappa shape index (κ3) is 4.02. The second-order valence-corrected chi connectivity index (χ2v) is 9.41. The molecule has 4 heterocycles. The van der Waals surface area contributed by atoms with Crippen LogP contribution in [0.3, 0.4) is 0 Å². The Morgan fingerprint density at radius 1 is 1.14 bits per heavy atom. The van der Waals surface area contributed by atoms with E-state index in [1.807, 2.05) is 6.07 Å². The number of rotatable bonds is 6. The summed E-state index contributed by atoms with van der Waals surface area (Å²) in [4.78, 5) is 17.8. The van der Waals surface area contributed by atoms with E-state index in [4.69, 9.17) is 14.7 Å². The van der Waals surface area contributed by atoms with E-state index in [-0.39, 0.29) is 31.0 Å². The average molecular weight is 477 g/mol. The first-order valence-electron chi connectivity index (χ1n) is 12.3. The molecule has 9 nitrogen and oxygen atoms in total. The van der Waals surface area contributed by atoms with Crippen LogP contribution in [0.1, 0.15) is 45.2 Å². The molecule has 0 radical (unpaired) electrons. The standard InChI is InChI=1S/C26H32N6O3/c1-5-19-14-32(21-12-25(33)29(4)22-15-30(10-9-27)28-26(21)22)20(6-2)13-31(19)17(3)18-7-8-23-24(11-18)35-16-34-23/h7-8,11-12,15,17,19-20H,5-6,10,13-14,16H2,1-4H3/t17-,19+,20-/m0/s1. The van der Waals surface area contributed by atoms with Gasteiger partial charge in [0.05, 0.1) is 23.5 Å². The van der Waals surface area contributed by atoms with Gasteiger partial charge in [0.2, 0.25) is 6.79 Å². The minimum atomic E-state index is -0.0666. The molecule has 2 aliphatic heterocycles. The summed E-state index contributed by atoms with van der Waals surface area (Å²) in [6.07, 6.45) is 3.72. The Labute approximate surface area is 205 Å². The van der Waals surface area contributed by atoms with Crippen molar-refractivity contribution in [2.45, 2.75) is 58.3 Å². The van der Waals surface area contributed by atoms with Crippen molar-refractivity contribution >= 4 is 16.7 Å². The number of pyridine rings is 1. The highest BCUT2D eigenvalue weighted by Crippen LogP contribution is 2.38. The van der Waals surface area contributed by atoms with Crippen LogP contribution in [0.5, 0.6) is 11.5 Å². The summed E-state index contributed by atoms with van der Waals surface area (Å²) in [7, 11) is 1.75. The Morgan fingerprint density at radius 2 is 1.91 bits per heavy atom. The van der Waals surface area contributed by atoms with Crippen molar-refractivity contribution in [2.75, 3.05) is 24.8 Å². The van der Waals surface area contributed by atoms with Gasteiger partial charge in [-0.1, -0.05) is 19.9 Å². The largest absolute Gasteiger partial charge is 0.454 e. The first-order chi connectivity index (χ1) is 16.9. The highest BCUT2D eigenvalue weighted by atomic mass is 16.7. The number of nitrogens with zero attached hydrogens (tertiary/aromatic N) is 6. The second-order valence-electron chi connectivity index (χ2n) is 9.41. The molecule has 0 amide bonds. The molecule has 0 bridgehead atoms. The number of hydrogen-bond acceptors (Lipinski definition) is 7. The van der Waals surface area contributed by atoms with Gasteiger partial charge >= 0.3 is 0 Å². The summed E-state index contributed by atoms with van der Waals surface area (Å²) >= 11 is 0. The van der Waals surface area contributed by atoms with E-state index in [0.717, 1.165) is 54.2 Å². The van der Waals surface area contributed by atoms with Crippen molar-refractivity contribution in [1.29, 1.82) is 5.26 Å². The molecule has 0 spiro atoms. The fraction of sp³-hybridized carbons (Fsp3) is 0.500. The Bertz CT molecular complexity index is 1340. The summed E-state index contributed by atoms with van der Waals surface area (Å²) in [6.45, 7) is 8.77. The predicted octanol–water partition coefficient (Wildman–Crippen LogP) is 3.43. The van der Waals surface area contributed by atoms with Crippen molar-refractivity contribution in [3.63, 3.8) is 0 Å². The monoisotopic (exact) mass is 476 g/mol. The van der Waals surface area contributed by atoms with Gasteiger partial charge in [0.1, 0.15) is 12.1 Å². The number of piperazine rings is 1. The number of aromatic nitrogens is 3. The van der Waals surface area contributed by atoms with Crippen molar-refractivity contribution in [1.82, 2.24) is 19.2 Å². The minimum absolute atomic E-state index is 0.0666. The van der Waals surface area contributed by atoms with Gasteiger partial charge in [-0.3, -0.25) is 14.4 Å². The van der Waals surface area contributed by atoms with E-state index < -0.39 is 0 Å². The average Bonchev–Trinajstić information content (AvgIpc) is 3.52. The fourth-order valence-electron chi connectivity index (χ4n) is 5.43. The predicted molar refractivity (Wildman–Crippen MR) is 134 cm³/mol. The summed E-state index contributed by atoms with van der Waals surface area (Å²) in [5.41, 5.74) is 3.53. The van der Waals surface area contributed by atoms with Crippen LogP contribution in [0.25, 0.3) is 11.0 Å². The first kappa shape index (κ1) is 23.2. The van der Waals surface area contributed by atoms with Crippen LogP contribution in [-0.4, -0.2) is 51.2 Å². The Kier molecular flexibility index (Phi) is 6.15. The molecule has 0 N–H and O–H groups in total. The van der Waals surface area contributed by atoms with Crippen LogP contribution in [-0.2, 0) is 13.6 Å². The maximum absolute atomic E-state index is 12.9. The summed E-state index contributed by atoms with van der Waals surface area (Å²) < 4.78 is 14.3. The van der Waals surface area contributed by atoms with Gasteiger partial charge in [-0.25, -0.2) is 0 Å². The molecule has 3 atom stereocenters. The molecule has 5 rings (SSSR count). The normalized spacial score (nSPS) is 20.8. The number of benzene rings is 1.